The van der Waals surface area contributed by atoms with E-state index in [0.29, 0.717) is 29.5 Å². The van der Waals surface area contributed by atoms with Crippen molar-refractivity contribution in [3.63, 3.8) is 0 Å². The standard InChI is InChI=1S/C20H20N4O3S/c1-27-12-11-24-16(25)10-9-15(23-24)18-17(13-5-3-2-4-6-13)22-20(28-18)19(26)21-14-7-8-14/h2-6,9-10,14H,7-8,11-12H2,1H3,(H,21,26). The van der Waals surface area contributed by atoms with Gasteiger partial charge in [0.15, 0.2) is 5.01 Å². The second-order valence-electron chi connectivity index (χ2n) is 6.58. The first-order valence-electron chi connectivity index (χ1n) is 9.10. The number of aromatic nitrogens is 3. The summed E-state index contributed by atoms with van der Waals surface area (Å²) in [6, 6.07) is 13.1. The third-order valence-corrected chi connectivity index (χ3v) is 5.46. The average Bonchev–Trinajstić information content (AvgIpc) is 3.42. The second-order valence-corrected chi connectivity index (χ2v) is 7.58. The van der Waals surface area contributed by atoms with Crippen molar-refractivity contribution in [3.8, 4) is 21.8 Å². The van der Waals surface area contributed by atoms with Gasteiger partial charge in [0.2, 0.25) is 0 Å². The highest BCUT2D eigenvalue weighted by atomic mass is 32.1. The number of nitrogens with zero attached hydrogens (tertiary/aromatic N) is 3. The minimum absolute atomic E-state index is 0.163. The Labute approximate surface area is 166 Å². The van der Waals surface area contributed by atoms with E-state index in [0.717, 1.165) is 23.3 Å². The molecule has 1 aromatic carbocycles. The monoisotopic (exact) mass is 396 g/mol. The van der Waals surface area contributed by atoms with Gasteiger partial charge in [0, 0.05) is 24.8 Å². The predicted molar refractivity (Wildman–Crippen MR) is 107 cm³/mol. The highest BCUT2D eigenvalue weighted by Gasteiger charge is 2.27. The van der Waals surface area contributed by atoms with Crippen LogP contribution in [-0.2, 0) is 11.3 Å². The summed E-state index contributed by atoms with van der Waals surface area (Å²) in [5, 5.41) is 7.85. The Morgan fingerprint density at radius 1 is 1.25 bits per heavy atom. The van der Waals surface area contributed by atoms with Crippen molar-refractivity contribution in [1.82, 2.24) is 20.1 Å². The van der Waals surface area contributed by atoms with Crippen molar-refractivity contribution >= 4 is 17.2 Å². The van der Waals surface area contributed by atoms with Gasteiger partial charge in [0.25, 0.3) is 11.5 Å². The highest BCUT2D eigenvalue weighted by Crippen LogP contribution is 2.35. The number of carbonyl (C=O) groups is 1. The van der Waals surface area contributed by atoms with Crippen LogP contribution in [0.1, 0.15) is 22.6 Å². The van der Waals surface area contributed by atoms with E-state index in [9.17, 15) is 9.59 Å². The molecule has 1 fully saturated rings. The normalized spacial score (nSPS) is 13.5. The van der Waals surface area contributed by atoms with Crippen LogP contribution in [0.4, 0.5) is 0 Å². The molecule has 8 heteroatoms. The minimum Gasteiger partial charge on any atom is -0.383 e. The number of thiazole rings is 1. The minimum atomic E-state index is -0.196. The fraction of sp³-hybridized carbons (Fsp3) is 0.300. The quantitative estimate of drug-likeness (QED) is 0.663. The number of nitrogens with one attached hydrogen (secondary N) is 1. The maximum absolute atomic E-state index is 12.5. The summed E-state index contributed by atoms with van der Waals surface area (Å²) in [7, 11) is 1.58. The summed E-state index contributed by atoms with van der Waals surface area (Å²) in [6.45, 7) is 0.747. The van der Waals surface area contributed by atoms with E-state index < -0.39 is 0 Å². The average molecular weight is 396 g/mol. The van der Waals surface area contributed by atoms with E-state index in [-0.39, 0.29) is 17.5 Å². The number of carbonyl (C=O) groups excluding carboxylic acids is 1. The first kappa shape index (κ1) is 18.5. The molecule has 1 saturated carbocycles. The van der Waals surface area contributed by atoms with Crippen LogP contribution in [0.3, 0.4) is 0 Å². The molecule has 0 spiro atoms. The molecule has 1 aliphatic rings. The molecule has 0 radical (unpaired) electrons. The van der Waals surface area contributed by atoms with Gasteiger partial charge in [-0.05, 0) is 18.9 Å². The van der Waals surface area contributed by atoms with Crippen LogP contribution in [-0.4, -0.2) is 40.4 Å². The topological polar surface area (TPSA) is 86.1 Å². The van der Waals surface area contributed by atoms with Crippen LogP contribution in [0.5, 0.6) is 0 Å². The number of benzene rings is 1. The summed E-state index contributed by atoms with van der Waals surface area (Å²) < 4.78 is 6.43. The number of rotatable bonds is 7. The third-order valence-electron chi connectivity index (χ3n) is 4.39. The Hall–Kier alpha value is -2.84. The Bertz CT molecular complexity index is 1040. The molecule has 2 heterocycles. The van der Waals surface area contributed by atoms with Gasteiger partial charge in [-0.3, -0.25) is 9.59 Å². The van der Waals surface area contributed by atoms with Crippen LogP contribution in [0.2, 0.25) is 0 Å². The maximum atomic E-state index is 12.5. The zero-order valence-corrected chi connectivity index (χ0v) is 16.2. The lowest BCUT2D eigenvalue weighted by molar-refractivity contribution is 0.0951. The van der Waals surface area contributed by atoms with Crippen molar-refractivity contribution in [2.75, 3.05) is 13.7 Å². The molecule has 0 unspecified atom stereocenters. The molecular weight excluding hydrogens is 376 g/mol. The molecule has 28 heavy (non-hydrogen) atoms. The van der Waals surface area contributed by atoms with Crippen LogP contribution >= 0.6 is 11.3 Å². The van der Waals surface area contributed by atoms with E-state index in [4.69, 9.17) is 4.74 Å². The Balaban J connectivity index is 1.77. The third kappa shape index (κ3) is 4.02. The SMILES string of the molecule is COCCn1nc(-c2sc(C(=O)NC3CC3)nc2-c2ccccc2)ccc1=O. The van der Waals surface area contributed by atoms with Crippen molar-refractivity contribution in [2.24, 2.45) is 0 Å². The smallest absolute Gasteiger partial charge is 0.280 e. The van der Waals surface area contributed by atoms with Gasteiger partial charge in [-0.2, -0.15) is 5.10 Å². The van der Waals surface area contributed by atoms with Crippen molar-refractivity contribution in [3.05, 3.63) is 57.8 Å². The van der Waals surface area contributed by atoms with Gasteiger partial charge in [0.1, 0.15) is 5.69 Å². The molecule has 144 valence electrons. The molecule has 0 saturated heterocycles. The molecule has 4 rings (SSSR count). The van der Waals surface area contributed by atoms with Gasteiger partial charge in [-0.25, -0.2) is 9.67 Å². The van der Waals surface area contributed by atoms with E-state index >= 15 is 0 Å². The number of hydrogen-bond donors (Lipinski definition) is 1. The first-order valence-corrected chi connectivity index (χ1v) is 9.92. The zero-order valence-electron chi connectivity index (χ0n) is 15.4. The van der Waals surface area contributed by atoms with Crippen LogP contribution < -0.4 is 10.9 Å². The fourth-order valence-electron chi connectivity index (χ4n) is 2.77. The predicted octanol–water partition coefficient (Wildman–Crippen LogP) is 2.57. The van der Waals surface area contributed by atoms with Gasteiger partial charge in [-0.15, -0.1) is 11.3 Å². The van der Waals surface area contributed by atoms with Crippen molar-refractivity contribution < 1.29 is 9.53 Å². The molecule has 0 bridgehead atoms. The lowest BCUT2D eigenvalue weighted by atomic mass is 10.1. The largest absolute Gasteiger partial charge is 0.383 e. The van der Waals surface area contributed by atoms with E-state index in [1.807, 2.05) is 30.3 Å². The maximum Gasteiger partial charge on any atom is 0.280 e. The number of ether oxygens (including phenoxy) is 1. The lowest BCUT2D eigenvalue weighted by Gasteiger charge is -2.06. The Kier molecular flexibility index (Phi) is 5.31. The molecule has 1 N–H and O–H groups in total. The van der Waals surface area contributed by atoms with Gasteiger partial charge < -0.3 is 10.1 Å². The molecular formula is C20H20N4O3S. The molecule has 2 aromatic heterocycles. The number of methoxy groups -OCH3 is 1. The van der Waals surface area contributed by atoms with E-state index in [1.54, 1.807) is 13.2 Å². The zero-order chi connectivity index (χ0) is 19.5. The van der Waals surface area contributed by atoms with E-state index in [2.05, 4.69) is 15.4 Å². The summed E-state index contributed by atoms with van der Waals surface area (Å²) >= 11 is 1.29. The highest BCUT2D eigenvalue weighted by molar-refractivity contribution is 7.17. The van der Waals surface area contributed by atoms with Crippen molar-refractivity contribution in [2.45, 2.75) is 25.4 Å². The van der Waals surface area contributed by atoms with Crippen molar-refractivity contribution in [1.29, 1.82) is 0 Å². The number of hydrogen-bond acceptors (Lipinski definition) is 6. The summed E-state index contributed by atoms with van der Waals surface area (Å²) in [5.74, 6) is -0.163. The second kappa shape index (κ2) is 8.04. The Morgan fingerprint density at radius 2 is 2.04 bits per heavy atom. The molecule has 0 aliphatic heterocycles. The summed E-state index contributed by atoms with van der Waals surface area (Å²) in [6.07, 6.45) is 2.03. The summed E-state index contributed by atoms with van der Waals surface area (Å²) in [4.78, 5) is 30.0. The first-order chi connectivity index (χ1) is 13.7. The van der Waals surface area contributed by atoms with Crippen LogP contribution in [0.25, 0.3) is 21.8 Å². The van der Waals surface area contributed by atoms with Gasteiger partial charge in [-0.1, -0.05) is 30.3 Å². The molecule has 3 aromatic rings. The Morgan fingerprint density at radius 3 is 2.75 bits per heavy atom. The molecule has 1 amide bonds. The summed E-state index contributed by atoms with van der Waals surface area (Å²) in [5.41, 5.74) is 2.00. The van der Waals surface area contributed by atoms with E-state index in [1.165, 1.54) is 22.1 Å². The number of amides is 1. The fourth-order valence-corrected chi connectivity index (χ4v) is 3.72. The van der Waals surface area contributed by atoms with Crippen LogP contribution in [0, 0.1) is 0 Å². The molecule has 1 aliphatic carbocycles. The molecule has 0 atom stereocenters. The van der Waals surface area contributed by atoms with Gasteiger partial charge >= 0.3 is 0 Å². The lowest BCUT2D eigenvalue weighted by Crippen LogP contribution is -2.25. The van der Waals surface area contributed by atoms with Crippen LogP contribution in [0.15, 0.2) is 47.3 Å². The van der Waals surface area contributed by atoms with Gasteiger partial charge in [0.05, 0.1) is 23.7 Å². The molecule has 7 nitrogen and oxygen atoms in total.